The van der Waals surface area contributed by atoms with Crippen molar-refractivity contribution in [3.05, 3.63) is 33.9 Å². The van der Waals surface area contributed by atoms with Gasteiger partial charge in [0.05, 0.1) is 12.0 Å². The van der Waals surface area contributed by atoms with Gasteiger partial charge in [-0.15, -0.1) is 0 Å². The highest BCUT2D eigenvalue weighted by molar-refractivity contribution is 5.43. The third-order valence-electron chi connectivity index (χ3n) is 3.93. The summed E-state index contributed by atoms with van der Waals surface area (Å²) in [5.41, 5.74) is 6.77. The Balaban J connectivity index is 2.20. The number of nitro groups is 1. The van der Waals surface area contributed by atoms with Crippen molar-refractivity contribution in [3.63, 3.8) is 0 Å². The number of nitro benzene ring substituents is 1. The SMILES string of the molecule is COc1ccc([N+](=O)[O-])cc1CN1CCN(C)CC1CN. The summed E-state index contributed by atoms with van der Waals surface area (Å²) < 4.78 is 5.32. The van der Waals surface area contributed by atoms with E-state index in [0.717, 1.165) is 25.2 Å². The summed E-state index contributed by atoms with van der Waals surface area (Å²) in [5, 5.41) is 10.9. The largest absolute Gasteiger partial charge is 0.496 e. The first-order valence-electron chi connectivity index (χ1n) is 6.99. The quantitative estimate of drug-likeness (QED) is 0.635. The van der Waals surface area contributed by atoms with Crippen LogP contribution in [0.5, 0.6) is 5.75 Å². The van der Waals surface area contributed by atoms with E-state index < -0.39 is 0 Å². The zero-order valence-corrected chi connectivity index (χ0v) is 12.5. The molecule has 1 saturated heterocycles. The van der Waals surface area contributed by atoms with Crippen molar-refractivity contribution >= 4 is 5.69 Å². The Morgan fingerprint density at radius 3 is 2.86 bits per heavy atom. The number of piperazine rings is 1. The average Bonchev–Trinajstić information content (AvgIpc) is 2.48. The third-order valence-corrected chi connectivity index (χ3v) is 3.93. The van der Waals surface area contributed by atoms with Crippen molar-refractivity contribution in [2.24, 2.45) is 5.73 Å². The van der Waals surface area contributed by atoms with Crippen molar-refractivity contribution in [3.8, 4) is 5.75 Å². The summed E-state index contributed by atoms with van der Waals surface area (Å²) in [6.07, 6.45) is 0. The van der Waals surface area contributed by atoms with Crippen LogP contribution in [-0.4, -0.2) is 61.1 Å². The van der Waals surface area contributed by atoms with Gasteiger partial charge in [-0.1, -0.05) is 0 Å². The van der Waals surface area contributed by atoms with Crippen LogP contribution in [0, 0.1) is 10.1 Å². The first-order valence-corrected chi connectivity index (χ1v) is 6.99. The van der Waals surface area contributed by atoms with Gasteiger partial charge >= 0.3 is 0 Å². The monoisotopic (exact) mass is 294 g/mol. The first-order chi connectivity index (χ1) is 10.0. The lowest BCUT2D eigenvalue weighted by molar-refractivity contribution is -0.385. The zero-order valence-electron chi connectivity index (χ0n) is 12.5. The second-order valence-electron chi connectivity index (χ2n) is 5.38. The molecule has 1 atom stereocenters. The third kappa shape index (κ3) is 3.69. The number of hydrogen-bond acceptors (Lipinski definition) is 6. The van der Waals surface area contributed by atoms with Crippen LogP contribution in [0.1, 0.15) is 5.56 Å². The number of nitrogens with zero attached hydrogens (tertiary/aromatic N) is 3. The predicted molar refractivity (Wildman–Crippen MR) is 80.4 cm³/mol. The van der Waals surface area contributed by atoms with E-state index in [2.05, 4.69) is 16.8 Å². The van der Waals surface area contributed by atoms with Crippen LogP contribution in [0.25, 0.3) is 0 Å². The summed E-state index contributed by atoms with van der Waals surface area (Å²) in [4.78, 5) is 15.1. The van der Waals surface area contributed by atoms with Crippen LogP contribution in [0.15, 0.2) is 18.2 Å². The second kappa shape index (κ2) is 6.84. The number of non-ortho nitro benzene ring substituents is 1. The van der Waals surface area contributed by atoms with Crippen LogP contribution in [0.3, 0.4) is 0 Å². The van der Waals surface area contributed by atoms with Gasteiger partial charge in [0.15, 0.2) is 0 Å². The molecule has 1 aliphatic heterocycles. The fourth-order valence-corrected chi connectivity index (χ4v) is 2.70. The van der Waals surface area contributed by atoms with Crippen LogP contribution in [0.2, 0.25) is 0 Å². The minimum Gasteiger partial charge on any atom is -0.496 e. The zero-order chi connectivity index (χ0) is 15.4. The Morgan fingerprint density at radius 1 is 1.48 bits per heavy atom. The molecule has 1 unspecified atom stereocenters. The summed E-state index contributed by atoms with van der Waals surface area (Å²) in [6, 6.07) is 4.96. The van der Waals surface area contributed by atoms with Gasteiger partial charge < -0.3 is 15.4 Å². The Bertz CT molecular complexity index is 509. The molecule has 21 heavy (non-hydrogen) atoms. The molecule has 1 heterocycles. The topological polar surface area (TPSA) is 84.9 Å². The summed E-state index contributed by atoms with van der Waals surface area (Å²) >= 11 is 0. The Hall–Kier alpha value is -1.70. The van der Waals surface area contributed by atoms with Crippen molar-refractivity contribution in [1.29, 1.82) is 0 Å². The molecule has 0 aromatic heterocycles. The summed E-state index contributed by atoms with van der Waals surface area (Å²) in [7, 11) is 3.66. The Labute approximate surface area is 124 Å². The molecule has 2 rings (SSSR count). The lowest BCUT2D eigenvalue weighted by Gasteiger charge is -2.39. The van der Waals surface area contributed by atoms with Gasteiger partial charge in [-0.3, -0.25) is 15.0 Å². The van der Waals surface area contributed by atoms with Gasteiger partial charge in [-0.25, -0.2) is 0 Å². The predicted octanol–water partition coefficient (Wildman–Crippen LogP) is 0.678. The number of hydrogen-bond donors (Lipinski definition) is 1. The highest BCUT2D eigenvalue weighted by atomic mass is 16.6. The van der Waals surface area contributed by atoms with Gasteiger partial charge in [0.1, 0.15) is 5.75 Å². The number of methoxy groups -OCH3 is 1. The maximum Gasteiger partial charge on any atom is 0.270 e. The molecule has 1 fully saturated rings. The van der Waals surface area contributed by atoms with E-state index in [1.54, 1.807) is 19.2 Å². The van der Waals surface area contributed by atoms with Crippen LogP contribution < -0.4 is 10.5 Å². The second-order valence-corrected chi connectivity index (χ2v) is 5.38. The van der Waals surface area contributed by atoms with E-state index in [1.807, 2.05) is 0 Å². The van der Waals surface area contributed by atoms with E-state index >= 15 is 0 Å². The molecule has 0 aliphatic carbocycles. The molecule has 1 aromatic rings. The lowest BCUT2D eigenvalue weighted by atomic mass is 10.1. The molecular weight excluding hydrogens is 272 g/mol. The number of ether oxygens (including phenoxy) is 1. The highest BCUT2D eigenvalue weighted by Crippen LogP contribution is 2.26. The first kappa shape index (κ1) is 15.7. The van der Waals surface area contributed by atoms with Gasteiger partial charge in [0.25, 0.3) is 5.69 Å². The van der Waals surface area contributed by atoms with Crippen LogP contribution in [0.4, 0.5) is 5.69 Å². The van der Waals surface area contributed by atoms with E-state index in [0.29, 0.717) is 18.8 Å². The molecule has 7 nitrogen and oxygen atoms in total. The van der Waals surface area contributed by atoms with Crippen LogP contribution >= 0.6 is 0 Å². The number of benzene rings is 1. The van der Waals surface area contributed by atoms with E-state index in [9.17, 15) is 10.1 Å². The number of rotatable bonds is 5. The van der Waals surface area contributed by atoms with Gasteiger partial charge in [-0.05, 0) is 13.1 Å². The standard InChI is InChI=1S/C14H22N4O3/c1-16-5-6-17(13(8-15)10-16)9-11-7-12(18(19)20)3-4-14(11)21-2/h3-4,7,13H,5-6,8-10,15H2,1-2H3. The van der Waals surface area contributed by atoms with Crippen molar-refractivity contribution in [1.82, 2.24) is 9.80 Å². The molecule has 2 N–H and O–H groups in total. The minimum atomic E-state index is -0.382. The van der Waals surface area contributed by atoms with Crippen molar-refractivity contribution in [2.45, 2.75) is 12.6 Å². The molecular formula is C14H22N4O3. The van der Waals surface area contributed by atoms with Crippen LogP contribution in [-0.2, 0) is 6.54 Å². The molecule has 0 bridgehead atoms. The Kier molecular flexibility index (Phi) is 5.11. The lowest BCUT2D eigenvalue weighted by Crippen LogP contribution is -2.54. The molecule has 0 spiro atoms. The molecule has 0 amide bonds. The maximum absolute atomic E-state index is 10.9. The number of nitrogens with two attached hydrogens (primary N) is 1. The molecule has 1 aromatic carbocycles. The number of likely N-dealkylation sites (N-methyl/N-ethyl adjacent to an activating group) is 1. The smallest absolute Gasteiger partial charge is 0.270 e. The molecule has 1 aliphatic rings. The van der Waals surface area contributed by atoms with Crippen molar-refractivity contribution in [2.75, 3.05) is 40.3 Å². The summed E-state index contributed by atoms with van der Waals surface area (Å²) in [6.45, 7) is 3.95. The average molecular weight is 294 g/mol. The molecule has 116 valence electrons. The highest BCUT2D eigenvalue weighted by Gasteiger charge is 2.25. The maximum atomic E-state index is 10.9. The van der Waals surface area contributed by atoms with Crippen molar-refractivity contribution < 1.29 is 9.66 Å². The van der Waals surface area contributed by atoms with Gasteiger partial charge in [0.2, 0.25) is 0 Å². The van der Waals surface area contributed by atoms with E-state index in [-0.39, 0.29) is 16.7 Å². The van der Waals surface area contributed by atoms with E-state index in [1.165, 1.54) is 6.07 Å². The summed E-state index contributed by atoms with van der Waals surface area (Å²) in [5.74, 6) is 0.676. The minimum absolute atomic E-state index is 0.0872. The molecule has 0 saturated carbocycles. The molecule has 7 heteroatoms. The van der Waals surface area contributed by atoms with Gasteiger partial charge in [0, 0.05) is 56.5 Å². The van der Waals surface area contributed by atoms with E-state index in [4.69, 9.17) is 10.5 Å². The van der Waals surface area contributed by atoms with Gasteiger partial charge in [-0.2, -0.15) is 0 Å². The Morgan fingerprint density at radius 2 is 2.24 bits per heavy atom. The normalized spacial score (nSPS) is 20.4. The fraction of sp³-hybridized carbons (Fsp3) is 0.571. The fourth-order valence-electron chi connectivity index (χ4n) is 2.70. The molecule has 0 radical (unpaired) electrons.